The summed E-state index contributed by atoms with van der Waals surface area (Å²) in [7, 11) is 0. The summed E-state index contributed by atoms with van der Waals surface area (Å²) in [4.78, 5) is 31.2. The summed E-state index contributed by atoms with van der Waals surface area (Å²) in [6, 6.07) is 9.45. The number of benzene rings is 1. The molecule has 0 saturated heterocycles. The molecule has 3 aromatic rings. The van der Waals surface area contributed by atoms with E-state index in [0.29, 0.717) is 21.9 Å². The predicted molar refractivity (Wildman–Crippen MR) is 112 cm³/mol. The van der Waals surface area contributed by atoms with E-state index in [-0.39, 0.29) is 17.2 Å². The van der Waals surface area contributed by atoms with Crippen molar-refractivity contribution in [1.29, 1.82) is 0 Å². The van der Waals surface area contributed by atoms with Crippen LogP contribution in [0, 0.1) is 0 Å². The van der Waals surface area contributed by atoms with E-state index in [1.807, 2.05) is 35.9 Å². The first kappa shape index (κ1) is 18.8. The minimum Gasteiger partial charge on any atom is -0.325 e. The molecule has 1 amide bonds. The van der Waals surface area contributed by atoms with Gasteiger partial charge in [0.2, 0.25) is 5.91 Å². The fourth-order valence-electron chi connectivity index (χ4n) is 2.36. The van der Waals surface area contributed by atoms with Crippen LogP contribution in [0.25, 0.3) is 10.2 Å². The minimum atomic E-state index is -0.140. The van der Waals surface area contributed by atoms with Crippen molar-refractivity contribution in [3.8, 4) is 0 Å². The Balaban J connectivity index is 1.76. The first-order valence-corrected chi connectivity index (χ1v) is 10.9. The summed E-state index contributed by atoms with van der Waals surface area (Å²) in [5.74, 6) is 0.0307. The fourth-order valence-corrected chi connectivity index (χ4v) is 4.43. The average molecular weight is 404 g/mol. The zero-order chi connectivity index (χ0) is 18.5. The quantitative estimate of drug-likeness (QED) is 0.366. The second-order valence-electron chi connectivity index (χ2n) is 5.31. The number of carbonyl (C=O) groups is 1. The number of anilines is 1. The molecule has 26 heavy (non-hydrogen) atoms. The largest absolute Gasteiger partial charge is 0.325 e. The highest BCUT2D eigenvalue weighted by atomic mass is 32.2. The normalized spacial score (nSPS) is 10.8. The molecule has 0 unspecified atom stereocenters. The lowest BCUT2D eigenvalue weighted by molar-refractivity contribution is -0.113. The monoisotopic (exact) mass is 403 g/mol. The lowest BCUT2D eigenvalue weighted by Gasteiger charge is -2.10. The Morgan fingerprint density at radius 2 is 2.27 bits per heavy atom. The minimum absolute atomic E-state index is 0.105. The molecule has 0 radical (unpaired) electrons. The fraction of sp³-hybridized carbons (Fsp3) is 0.167. The van der Waals surface area contributed by atoms with Crippen molar-refractivity contribution >= 4 is 56.7 Å². The maximum Gasteiger partial charge on any atom is 0.263 e. The highest BCUT2D eigenvalue weighted by Crippen LogP contribution is 2.22. The van der Waals surface area contributed by atoms with Gasteiger partial charge in [0.25, 0.3) is 5.56 Å². The Labute approximate surface area is 163 Å². The number of thioether (sulfide) groups is 2. The first-order chi connectivity index (χ1) is 12.6. The third-order valence-corrected chi connectivity index (χ3v) is 6.05. The van der Waals surface area contributed by atoms with Gasteiger partial charge in [-0.05, 0) is 35.9 Å². The number of fused-ring (bicyclic) bond motifs is 1. The van der Waals surface area contributed by atoms with Gasteiger partial charge in [0.05, 0.1) is 11.1 Å². The number of thiophene rings is 1. The molecule has 0 spiro atoms. The van der Waals surface area contributed by atoms with Crippen LogP contribution in [0.4, 0.5) is 5.69 Å². The zero-order valence-electron chi connectivity index (χ0n) is 14.1. The predicted octanol–water partition coefficient (Wildman–Crippen LogP) is 4.10. The number of allylic oxidation sites excluding steroid dienone is 1. The Bertz CT molecular complexity index is 1010. The molecule has 0 bridgehead atoms. The van der Waals surface area contributed by atoms with Crippen molar-refractivity contribution in [3.05, 3.63) is 58.7 Å². The molecule has 1 N–H and O–H groups in total. The van der Waals surface area contributed by atoms with E-state index in [0.717, 1.165) is 10.6 Å². The van der Waals surface area contributed by atoms with Crippen LogP contribution in [-0.4, -0.2) is 27.5 Å². The highest BCUT2D eigenvalue weighted by molar-refractivity contribution is 7.99. The van der Waals surface area contributed by atoms with Gasteiger partial charge in [0, 0.05) is 17.1 Å². The molecule has 1 aromatic carbocycles. The second kappa shape index (κ2) is 8.57. The molecule has 5 nitrogen and oxygen atoms in total. The van der Waals surface area contributed by atoms with Crippen LogP contribution < -0.4 is 10.9 Å². The SMILES string of the molecule is C=CCn1c(SCC(=O)Nc2cccc(SC)c2)nc2sccc2c1=O. The molecule has 0 aliphatic rings. The molecule has 0 aliphatic carbocycles. The van der Waals surface area contributed by atoms with E-state index >= 15 is 0 Å². The molecule has 0 aliphatic heterocycles. The average Bonchev–Trinajstić information content (AvgIpc) is 3.11. The van der Waals surface area contributed by atoms with E-state index in [1.54, 1.807) is 28.5 Å². The van der Waals surface area contributed by atoms with Gasteiger partial charge in [0.15, 0.2) is 5.16 Å². The van der Waals surface area contributed by atoms with Crippen molar-refractivity contribution in [2.24, 2.45) is 0 Å². The van der Waals surface area contributed by atoms with Crippen LogP contribution in [0.5, 0.6) is 0 Å². The number of amides is 1. The van der Waals surface area contributed by atoms with Crippen LogP contribution in [0.15, 0.2) is 63.2 Å². The number of aromatic nitrogens is 2. The van der Waals surface area contributed by atoms with E-state index in [9.17, 15) is 9.59 Å². The summed E-state index contributed by atoms with van der Waals surface area (Å²) in [6.07, 6.45) is 3.64. The Hall–Kier alpha value is -2.03. The molecule has 2 aromatic heterocycles. The van der Waals surface area contributed by atoms with Crippen LogP contribution in [0.1, 0.15) is 0 Å². The van der Waals surface area contributed by atoms with Crippen molar-refractivity contribution in [2.75, 3.05) is 17.3 Å². The van der Waals surface area contributed by atoms with E-state index < -0.39 is 0 Å². The first-order valence-electron chi connectivity index (χ1n) is 7.78. The number of hydrogen-bond donors (Lipinski definition) is 1. The molecular weight excluding hydrogens is 386 g/mol. The summed E-state index contributed by atoms with van der Waals surface area (Å²) >= 11 is 4.29. The van der Waals surface area contributed by atoms with Gasteiger partial charge in [-0.1, -0.05) is 23.9 Å². The van der Waals surface area contributed by atoms with Crippen LogP contribution >= 0.6 is 34.9 Å². The van der Waals surface area contributed by atoms with Crippen molar-refractivity contribution in [2.45, 2.75) is 16.6 Å². The van der Waals surface area contributed by atoms with Crippen molar-refractivity contribution in [3.63, 3.8) is 0 Å². The third-order valence-electron chi connectivity index (χ3n) is 3.55. The standard InChI is InChI=1S/C18H17N3O2S3/c1-3-8-21-17(23)14-7-9-25-16(14)20-18(21)26-11-15(22)19-12-5-4-6-13(10-12)24-2/h3-7,9-10H,1,8,11H2,2H3,(H,19,22). The summed E-state index contributed by atoms with van der Waals surface area (Å²) in [6.45, 7) is 4.06. The van der Waals surface area contributed by atoms with Gasteiger partial charge in [-0.2, -0.15) is 0 Å². The maximum atomic E-state index is 12.6. The lowest BCUT2D eigenvalue weighted by Crippen LogP contribution is -2.23. The van der Waals surface area contributed by atoms with Gasteiger partial charge in [-0.25, -0.2) is 4.98 Å². The molecule has 3 rings (SSSR count). The number of nitrogens with one attached hydrogen (secondary N) is 1. The molecule has 134 valence electrons. The van der Waals surface area contributed by atoms with E-state index in [1.165, 1.54) is 23.1 Å². The molecule has 0 atom stereocenters. The smallest absolute Gasteiger partial charge is 0.263 e. The maximum absolute atomic E-state index is 12.6. The topological polar surface area (TPSA) is 64.0 Å². The second-order valence-corrected chi connectivity index (χ2v) is 8.02. The number of rotatable bonds is 7. The van der Waals surface area contributed by atoms with Gasteiger partial charge < -0.3 is 5.32 Å². The van der Waals surface area contributed by atoms with Crippen LogP contribution in [-0.2, 0) is 11.3 Å². The van der Waals surface area contributed by atoms with E-state index in [4.69, 9.17) is 0 Å². The number of carbonyl (C=O) groups excluding carboxylic acids is 1. The Kier molecular flexibility index (Phi) is 6.18. The highest BCUT2D eigenvalue weighted by Gasteiger charge is 2.13. The summed E-state index contributed by atoms with van der Waals surface area (Å²) in [5.41, 5.74) is 0.652. The Morgan fingerprint density at radius 3 is 3.04 bits per heavy atom. The van der Waals surface area contributed by atoms with Crippen molar-refractivity contribution < 1.29 is 4.79 Å². The van der Waals surface area contributed by atoms with Crippen molar-refractivity contribution in [1.82, 2.24) is 9.55 Å². The summed E-state index contributed by atoms with van der Waals surface area (Å²) < 4.78 is 1.55. The van der Waals surface area contributed by atoms with Gasteiger partial charge in [0.1, 0.15) is 4.83 Å². The molecule has 8 heteroatoms. The van der Waals surface area contributed by atoms with Gasteiger partial charge in [-0.15, -0.1) is 29.7 Å². The number of hydrogen-bond acceptors (Lipinski definition) is 6. The summed E-state index contributed by atoms with van der Waals surface area (Å²) in [5, 5.41) is 5.85. The molecule has 0 fully saturated rings. The Morgan fingerprint density at radius 1 is 1.42 bits per heavy atom. The van der Waals surface area contributed by atoms with Crippen LogP contribution in [0.2, 0.25) is 0 Å². The van der Waals surface area contributed by atoms with E-state index in [2.05, 4.69) is 16.9 Å². The van der Waals surface area contributed by atoms with Gasteiger partial charge in [-0.3, -0.25) is 14.2 Å². The third kappa shape index (κ3) is 4.20. The molecule has 0 saturated carbocycles. The zero-order valence-corrected chi connectivity index (χ0v) is 16.5. The molecule has 2 heterocycles. The number of nitrogens with zero attached hydrogens (tertiary/aromatic N) is 2. The van der Waals surface area contributed by atoms with Gasteiger partial charge >= 0.3 is 0 Å². The van der Waals surface area contributed by atoms with Crippen LogP contribution in [0.3, 0.4) is 0 Å². The molecular formula is C18H17N3O2S3. The lowest BCUT2D eigenvalue weighted by atomic mass is 10.3.